The normalized spacial score (nSPS) is 11.6. The molecule has 0 N–H and O–H groups in total. The quantitative estimate of drug-likeness (QED) is 0.473. The second kappa shape index (κ2) is 9.08. The van der Waals surface area contributed by atoms with Crippen LogP contribution < -0.4 is 0 Å². The third kappa shape index (κ3) is 4.59. The zero-order valence-electron chi connectivity index (χ0n) is 15.8. The van der Waals surface area contributed by atoms with E-state index in [1.165, 1.54) is 11.1 Å². The summed E-state index contributed by atoms with van der Waals surface area (Å²) < 4.78 is 5.93. The van der Waals surface area contributed by atoms with Crippen LogP contribution >= 0.6 is 0 Å². The second-order valence-corrected chi connectivity index (χ2v) is 6.47. The first-order chi connectivity index (χ1) is 13.2. The molecule has 138 valence electrons. The maximum atomic E-state index is 11.0. The first-order valence-corrected chi connectivity index (χ1v) is 9.43. The molecule has 0 amide bonds. The van der Waals surface area contributed by atoms with Crippen molar-refractivity contribution in [1.29, 1.82) is 0 Å². The summed E-state index contributed by atoms with van der Waals surface area (Å²) in [5.41, 5.74) is 4.93. The minimum absolute atomic E-state index is 0.485. The highest BCUT2D eigenvalue weighted by molar-refractivity contribution is 5.80. The van der Waals surface area contributed by atoms with E-state index < -0.39 is 0 Å². The summed E-state index contributed by atoms with van der Waals surface area (Å²) in [6, 6.07) is 15.8. The molecule has 0 atom stereocenters. The molecule has 0 aliphatic rings. The standard InChI is InChI=1S/C23H24N2O2/c1-3-5-9-20(19-10-7-6-8-11-19)15-22-24-25-23(27-22)21-13-12-17(16-26)14-18(21)4-2/h6-8,10-16H,3-5,9H2,1-2H3. The number of aromatic nitrogens is 2. The second-order valence-electron chi connectivity index (χ2n) is 6.47. The van der Waals surface area contributed by atoms with Crippen molar-refractivity contribution in [3.05, 3.63) is 71.1 Å². The summed E-state index contributed by atoms with van der Waals surface area (Å²) in [6.07, 6.45) is 6.82. The van der Waals surface area contributed by atoms with Gasteiger partial charge in [0.1, 0.15) is 6.29 Å². The van der Waals surface area contributed by atoms with Crippen LogP contribution in [0.5, 0.6) is 0 Å². The molecule has 0 spiro atoms. The molecule has 0 fully saturated rings. The lowest BCUT2D eigenvalue weighted by Crippen LogP contribution is -1.91. The molecule has 4 nitrogen and oxygen atoms in total. The van der Waals surface area contributed by atoms with Gasteiger partial charge in [0, 0.05) is 17.2 Å². The fraction of sp³-hybridized carbons (Fsp3) is 0.261. The van der Waals surface area contributed by atoms with Crippen LogP contribution in [0.1, 0.15) is 60.5 Å². The summed E-state index contributed by atoms with van der Waals surface area (Å²) in [6.45, 7) is 4.23. The predicted octanol–water partition coefficient (Wildman–Crippen LogP) is 5.84. The number of aryl methyl sites for hydroxylation is 1. The molecule has 4 heteroatoms. The zero-order valence-corrected chi connectivity index (χ0v) is 15.8. The average molecular weight is 360 g/mol. The topological polar surface area (TPSA) is 56.0 Å². The van der Waals surface area contributed by atoms with Gasteiger partial charge in [-0.3, -0.25) is 4.79 Å². The molecule has 0 unspecified atom stereocenters. The van der Waals surface area contributed by atoms with Crippen LogP contribution in [0.2, 0.25) is 0 Å². The van der Waals surface area contributed by atoms with Crippen LogP contribution in [0, 0.1) is 0 Å². The van der Waals surface area contributed by atoms with Crippen molar-refractivity contribution in [1.82, 2.24) is 10.2 Å². The molecule has 0 aliphatic carbocycles. The van der Waals surface area contributed by atoms with E-state index in [1.807, 2.05) is 43.3 Å². The monoisotopic (exact) mass is 360 g/mol. The van der Waals surface area contributed by atoms with Gasteiger partial charge in [0.2, 0.25) is 11.8 Å². The Morgan fingerprint density at radius 3 is 2.59 bits per heavy atom. The largest absolute Gasteiger partial charge is 0.417 e. The van der Waals surface area contributed by atoms with Crippen LogP contribution in [0.4, 0.5) is 0 Å². The lowest BCUT2D eigenvalue weighted by Gasteiger charge is -2.06. The Kier molecular flexibility index (Phi) is 6.31. The van der Waals surface area contributed by atoms with Crippen LogP contribution in [0.3, 0.4) is 0 Å². The van der Waals surface area contributed by atoms with Crippen molar-refractivity contribution in [3.8, 4) is 11.5 Å². The summed E-state index contributed by atoms with van der Waals surface area (Å²) >= 11 is 0. The molecular formula is C23H24N2O2. The molecule has 0 bridgehead atoms. The van der Waals surface area contributed by atoms with E-state index >= 15 is 0 Å². The number of carbonyl (C=O) groups is 1. The SMILES string of the molecule is CCCCC(=Cc1nnc(-c2ccc(C=O)cc2CC)o1)c1ccccc1. The van der Waals surface area contributed by atoms with Gasteiger partial charge in [-0.05, 0) is 48.1 Å². The van der Waals surface area contributed by atoms with E-state index in [1.54, 1.807) is 6.07 Å². The Morgan fingerprint density at radius 1 is 1.07 bits per heavy atom. The van der Waals surface area contributed by atoms with E-state index in [-0.39, 0.29) is 0 Å². The fourth-order valence-electron chi connectivity index (χ4n) is 3.06. The number of allylic oxidation sites excluding steroid dienone is 1. The molecule has 1 aromatic heterocycles. The molecule has 1 heterocycles. The Labute approximate surface area is 160 Å². The van der Waals surface area contributed by atoms with Crippen molar-refractivity contribution >= 4 is 17.9 Å². The van der Waals surface area contributed by atoms with Gasteiger partial charge in [-0.2, -0.15) is 0 Å². The molecule has 0 aliphatic heterocycles. The smallest absolute Gasteiger partial charge is 0.248 e. The highest BCUT2D eigenvalue weighted by Crippen LogP contribution is 2.27. The van der Waals surface area contributed by atoms with Crippen LogP contribution in [0.25, 0.3) is 23.1 Å². The third-order valence-electron chi connectivity index (χ3n) is 4.56. The number of nitrogens with zero attached hydrogens (tertiary/aromatic N) is 2. The minimum atomic E-state index is 0.485. The molecule has 3 rings (SSSR count). The number of hydrogen-bond acceptors (Lipinski definition) is 4. The summed E-state index contributed by atoms with van der Waals surface area (Å²) in [5.74, 6) is 0.986. The summed E-state index contributed by atoms with van der Waals surface area (Å²) in [5, 5.41) is 8.45. The average Bonchev–Trinajstić information content (AvgIpc) is 3.19. The van der Waals surface area contributed by atoms with Gasteiger partial charge in [0.25, 0.3) is 0 Å². The van der Waals surface area contributed by atoms with Gasteiger partial charge in [-0.15, -0.1) is 10.2 Å². The van der Waals surface area contributed by atoms with Crippen LogP contribution in [-0.2, 0) is 6.42 Å². The predicted molar refractivity (Wildman–Crippen MR) is 108 cm³/mol. The fourth-order valence-corrected chi connectivity index (χ4v) is 3.06. The first-order valence-electron chi connectivity index (χ1n) is 9.43. The molecule has 0 saturated heterocycles. The first kappa shape index (κ1) is 18.8. The van der Waals surface area contributed by atoms with Crippen molar-refractivity contribution in [3.63, 3.8) is 0 Å². The number of carbonyl (C=O) groups excluding carboxylic acids is 1. The van der Waals surface area contributed by atoms with E-state index in [0.29, 0.717) is 17.3 Å². The van der Waals surface area contributed by atoms with Gasteiger partial charge < -0.3 is 4.42 Å². The maximum Gasteiger partial charge on any atom is 0.248 e. The maximum absolute atomic E-state index is 11.0. The summed E-state index contributed by atoms with van der Waals surface area (Å²) in [4.78, 5) is 11.0. The Hall–Kier alpha value is -3.01. The third-order valence-corrected chi connectivity index (χ3v) is 4.56. The van der Waals surface area contributed by atoms with Gasteiger partial charge >= 0.3 is 0 Å². The lowest BCUT2D eigenvalue weighted by atomic mass is 10.00. The number of aldehydes is 1. The van der Waals surface area contributed by atoms with Gasteiger partial charge in [0.05, 0.1) is 0 Å². The molecule has 27 heavy (non-hydrogen) atoms. The van der Waals surface area contributed by atoms with Crippen LogP contribution in [-0.4, -0.2) is 16.5 Å². The molecule has 3 aromatic rings. The van der Waals surface area contributed by atoms with Crippen molar-refractivity contribution in [2.75, 3.05) is 0 Å². The van der Waals surface area contributed by atoms with Gasteiger partial charge in [-0.25, -0.2) is 0 Å². The Morgan fingerprint density at radius 2 is 1.89 bits per heavy atom. The van der Waals surface area contributed by atoms with Gasteiger partial charge in [0.15, 0.2) is 0 Å². The molecule has 0 saturated carbocycles. The number of unbranched alkanes of at least 4 members (excludes halogenated alkanes) is 1. The molecular weight excluding hydrogens is 336 g/mol. The van der Waals surface area contributed by atoms with Crippen molar-refractivity contribution in [2.24, 2.45) is 0 Å². The highest BCUT2D eigenvalue weighted by Gasteiger charge is 2.13. The van der Waals surface area contributed by atoms with E-state index in [9.17, 15) is 4.79 Å². The molecule has 2 aromatic carbocycles. The van der Waals surface area contributed by atoms with Gasteiger partial charge in [-0.1, -0.05) is 56.7 Å². The number of rotatable bonds is 8. The molecule has 0 radical (unpaired) electrons. The van der Waals surface area contributed by atoms with Crippen LogP contribution in [0.15, 0.2) is 52.9 Å². The number of hydrogen-bond donors (Lipinski definition) is 0. The van der Waals surface area contributed by atoms with E-state index in [0.717, 1.165) is 43.1 Å². The van der Waals surface area contributed by atoms with E-state index in [4.69, 9.17) is 4.42 Å². The van der Waals surface area contributed by atoms with Crippen molar-refractivity contribution in [2.45, 2.75) is 39.5 Å². The van der Waals surface area contributed by atoms with Crippen molar-refractivity contribution < 1.29 is 9.21 Å². The Bertz CT molecular complexity index is 927. The Balaban J connectivity index is 1.94. The minimum Gasteiger partial charge on any atom is -0.417 e. The zero-order chi connectivity index (χ0) is 19.1. The highest BCUT2D eigenvalue weighted by atomic mass is 16.4. The van der Waals surface area contributed by atoms with E-state index in [2.05, 4.69) is 29.3 Å². The lowest BCUT2D eigenvalue weighted by molar-refractivity contribution is 0.112. The summed E-state index contributed by atoms with van der Waals surface area (Å²) in [7, 11) is 0. The number of benzene rings is 2.